The Morgan fingerprint density at radius 1 is 1.21 bits per heavy atom. The molecule has 156 valence electrons. The van der Waals surface area contributed by atoms with E-state index < -0.39 is 0 Å². The molecule has 1 aromatic carbocycles. The van der Waals surface area contributed by atoms with Crippen molar-refractivity contribution in [1.82, 2.24) is 15.2 Å². The first-order chi connectivity index (χ1) is 14.0. The molecule has 2 aromatic rings. The van der Waals surface area contributed by atoms with Crippen LogP contribution in [0.2, 0.25) is 10.0 Å². The summed E-state index contributed by atoms with van der Waals surface area (Å²) < 4.78 is 0. The van der Waals surface area contributed by atoms with Crippen LogP contribution in [0.3, 0.4) is 0 Å². The average Bonchev–Trinajstić information content (AvgIpc) is 2.75. The Balaban J connectivity index is 1.49. The second-order valence-electron chi connectivity index (χ2n) is 7.00. The van der Waals surface area contributed by atoms with Gasteiger partial charge in [-0.2, -0.15) is 0 Å². The van der Waals surface area contributed by atoms with Gasteiger partial charge in [0.15, 0.2) is 0 Å². The quantitative estimate of drug-likeness (QED) is 0.633. The SMILES string of the molecule is CCN1CCN(c2ccc(CNC(=O)C(C)Sc3cc(Cl)ccc3Cl)cn2)CC1. The third-order valence-corrected chi connectivity index (χ3v) is 6.82. The van der Waals surface area contributed by atoms with Gasteiger partial charge in [0, 0.05) is 48.8 Å². The molecule has 0 radical (unpaired) electrons. The highest BCUT2D eigenvalue weighted by atomic mass is 35.5. The summed E-state index contributed by atoms with van der Waals surface area (Å²) in [5, 5.41) is 3.88. The molecule has 1 unspecified atom stereocenters. The van der Waals surface area contributed by atoms with Crippen LogP contribution in [0.5, 0.6) is 0 Å². The van der Waals surface area contributed by atoms with Gasteiger partial charge >= 0.3 is 0 Å². The molecule has 1 N–H and O–H groups in total. The van der Waals surface area contributed by atoms with E-state index in [1.165, 1.54) is 11.8 Å². The largest absolute Gasteiger partial charge is 0.354 e. The van der Waals surface area contributed by atoms with Gasteiger partial charge in [0.25, 0.3) is 0 Å². The van der Waals surface area contributed by atoms with Crippen molar-refractivity contribution in [3.8, 4) is 0 Å². The van der Waals surface area contributed by atoms with Crippen LogP contribution in [0.1, 0.15) is 19.4 Å². The van der Waals surface area contributed by atoms with E-state index in [1.54, 1.807) is 18.2 Å². The first-order valence-electron chi connectivity index (χ1n) is 9.78. The van der Waals surface area contributed by atoms with Gasteiger partial charge in [-0.1, -0.05) is 36.2 Å². The summed E-state index contributed by atoms with van der Waals surface area (Å²) in [6, 6.07) is 9.32. The Morgan fingerprint density at radius 3 is 2.62 bits per heavy atom. The molecule has 0 aliphatic carbocycles. The zero-order valence-corrected chi connectivity index (χ0v) is 19.0. The third-order valence-electron chi connectivity index (χ3n) is 4.99. The highest BCUT2D eigenvalue weighted by Crippen LogP contribution is 2.32. The lowest BCUT2D eigenvalue weighted by molar-refractivity contribution is -0.120. The lowest BCUT2D eigenvalue weighted by Gasteiger charge is -2.34. The predicted octanol–water partition coefficient (Wildman–Crippen LogP) is 4.33. The predicted molar refractivity (Wildman–Crippen MR) is 122 cm³/mol. The van der Waals surface area contributed by atoms with Crippen molar-refractivity contribution in [1.29, 1.82) is 0 Å². The molecule has 8 heteroatoms. The van der Waals surface area contributed by atoms with Crippen molar-refractivity contribution in [2.45, 2.75) is 30.5 Å². The third kappa shape index (κ3) is 6.25. The molecule has 2 heterocycles. The molecule has 5 nitrogen and oxygen atoms in total. The Kier molecular flexibility index (Phi) is 8.07. The van der Waals surface area contributed by atoms with Crippen molar-refractivity contribution < 1.29 is 4.79 Å². The minimum atomic E-state index is -0.284. The second-order valence-corrected chi connectivity index (χ2v) is 9.22. The van der Waals surface area contributed by atoms with Crippen molar-refractivity contribution >= 4 is 46.7 Å². The van der Waals surface area contributed by atoms with Gasteiger partial charge in [-0.05, 0) is 43.3 Å². The molecule has 1 saturated heterocycles. The lowest BCUT2D eigenvalue weighted by Crippen LogP contribution is -2.46. The van der Waals surface area contributed by atoms with Crippen molar-refractivity contribution in [2.24, 2.45) is 0 Å². The summed E-state index contributed by atoms with van der Waals surface area (Å²) in [5.41, 5.74) is 0.979. The summed E-state index contributed by atoms with van der Waals surface area (Å²) in [6.45, 7) is 9.73. The maximum atomic E-state index is 12.4. The number of anilines is 1. The molecule has 1 aliphatic heterocycles. The number of amides is 1. The van der Waals surface area contributed by atoms with Crippen LogP contribution in [0.15, 0.2) is 41.4 Å². The van der Waals surface area contributed by atoms with Crippen LogP contribution >= 0.6 is 35.0 Å². The smallest absolute Gasteiger partial charge is 0.233 e. The van der Waals surface area contributed by atoms with Gasteiger partial charge in [0.2, 0.25) is 5.91 Å². The molecule has 1 atom stereocenters. The second kappa shape index (κ2) is 10.5. The topological polar surface area (TPSA) is 48.5 Å². The van der Waals surface area contributed by atoms with Crippen LogP contribution in [-0.4, -0.2) is 53.8 Å². The average molecular weight is 453 g/mol. The van der Waals surface area contributed by atoms with Crippen LogP contribution in [0.4, 0.5) is 5.82 Å². The van der Waals surface area contributed by atoms with Gasteiger partial charge in [-0.3, -0.25) is 4.79 Å². The van der Waals surface area contributed by atoms with E-state index in [9.17, 15) is 4.79 Å². The fourth-order valence-electron chi connectivity index (χ4n) is 3.15. The molecule has 0 bridgehead atoms. The Hall–Kier alpha value is -1.47. The standard InChI is InChI=1S/C21H26Cl2N4OS/c1-3-26-8-10-27(11-9-26)20-7-4-16(13-24-20)14-25-21(28)15(2)29-19-12-17(22)5-6-18(19)23/h4-7,12-13,15H,3,8-11,14H2,1-2H3,(H,25,28). The monoisotopic (exact) mass is 452 g/mol. The summed E-state index contributed by atoms with van der Waals surface area (Å²) in [4.78, 5) is 22.6. The highest BCUT2D eigenvalue weighted by molar-refractivity contribution is 8.00. The first kappa shape index (κ1) is 22.2. The number of aromatic nitrogens is 1. The molecule has 29 heavy (non-hydrogen) atoms. The number of likely N-dealkylation sites (N-methyl/N-ethyl adjacent to an activating group) is 1. The number of benzene rings is 1. The number of rotatable bonds is 7. The van der Waals surface area contributed by atoms with E-state index in [0.29, 0.717) is 16.6 Å². The fraction of sp³-hybridized carbons (Fsp3) is 0.429. The van der Waals surface area contributed by atoms with Gasteiger partial charge in [0.05, 0.1) is 10.3 Å². The molecule has 1 amide bonds. The van der Waals surface area contributed by atoms with E-state index in [1.807, 2.05) is 25.3 Å². The van der Waals surface area contributed by atoms with Crippen LogP contribution in [0.25, 0.3) is 0 Å². The molecule has 1 aliphatic rings. The minimum Gasteiger partial charge on any atom is -0.354 e. The number of carbonyl (C=O) groups excluding carboxylic acids is 1. The van der Waals surface area contributed by atoms with E-state index in [2.05, 4.69) is 27.0 Å². The summed E-state index contributed by atoms with van der Waals surface area (Å²) in [5.74, 6) is 0.946. The van der Waals surface area contributed by atoms with Gasteiger partial charge < -0.3 is 15.1 Å². The Labute approximate surface area is 186 Å². The molecule has 1 aromatic heterocycles. The number of thioether (sulfide) groups is 1. The minimum absolute atomic E-state index is 0.0502. The number of hydrogen-bond acceptors (Lipinski definition) is 5. The fourth-order valence-corrected chi connectivity index (χ4v) is 4.58. The lowest BCUT2D eigenvalue weighted by atomic mass is 10.2. The number of piperazine rings is 1. The van der Waals surface area contributed by atoms with Gasteiger partial charge in [0.1, 0.15) is 5.82 Å². The number of carbonyl (C=O) groups is 1. The molecule has 0 saturated carbocycles. The van der Waals surface area contributed by atoms with Gasteiger partial charge in [-0.25, -0.2) is 4.98 Å². The van der Waals surface area contributed by atoms with Crippen LogP contribution in [0, 0.1) is 0 Å². The van der Waals surface area contributed by atoms with Gasteiger partial charge in [-0.15, -0.1) is 11.8 Å². The number of nitrogens with zero attached hydrogens (tertiary/aromatic N) is 3. The Bertz CT molecular complexity index is 826. The molecular formula is C21H26Cl2N4OS. The number of pyridine rings is 1. The number of halogens is 2. The normalized spacial score (nSPS) is 15.9. The van der Waals surface area contributed by atoms with E-state index in [0.717, 1.165) is 49.0 Å². The summed E-state index contributed by atoms with van der Waals surface area (Å²) in [6.07, 6.45) is 1.84. The maximum absolute atomic E-state index is 12.4. The number of nitrogens with one attached hydrogen (secondary N) is 1. The van der Waals surface area contributed by atoms with Crippen molar-refractivity contribution in [3.05, 3.63) is 52.1 Å². The van der Waals surface area contributed by atoms with Crippen molar-refractivity contribution in [3.63, 3.8) is 0 Å². The first-order valence-corrected chi connectivity index (χ1v) is 11.4. The van der Waals surface area contributed by atoms with Crippen LogP contribution in [-0.2, 0) is 11.3 Å². The zero-order chi connectivity index (χ0) is 20.8. The zero-order valence-electron chi connectivity index (χ0n) is 16.7. The maximum Gasteiger partial charge on any atom is 0.233 e. The molecule has 1 fully saturated rings. The Morgan fingerprint density at radius 2 is 1.97 bits per heavy atom. The highest BCUT2D eigenvalue weighted by Gasteiger charge is 2.18. The molecule has 0 spiro atoms. The van der Waals surface area contributed by atoms with Crippen molar-refractivity contribution in [2.75, 3.05) is 37.6 Å². The number of hydrogen-bond donors (Lipinski definition) is 1. The summed E-state index contributed by atoms with van der Waals surface area (Å²) >= 11 is 13.6. The van der Waals surface area contributed by atoms with E-state index in [4.69, 9.17) is 23.2 Å². The molecular weight excluding hydrogens is 427 g/mol. The van der Waals surface area contributed by atoms with Crippen LogP contribution < -0.4 is 10.2 Å². The molecule has 3 rings (SSSR count). The van der Waals surface area contributed by atoms with E-state index in [-0.39, 0.29) is 11.2 Å². The van der Waals surface area contributed by atoms with E-state index >= 15 is 0 Å². The summed E-state index contributed by atoms with van der Waals surface area (Å²) in [7, 11) is 0.